The fraction of sp³-hybridized carbons (Fsp3) is 0.333. The predicted molar refractivity (Wildman–Crippen MR) is 76.6 cm³/mol. The highest BCUT2D eigenvalue weighted by molar-refractivity contribution is 5.99. The lowest BCUT2D eigenvalue weighted by Crippen LogP contribution is -2.45. The number of hydrogen-bond acceptors (Lipinski definition) is 2. The lowest BCUT2D eigenvalue weighted by Gasteiger charge is -2.19. The van der Waals surface area contributed by atoms with E-state index in [-0.39, 0.29) is 5.92 Å². The van der Waals surface area contributed by atoms with Crippen LogP contribution < -0.4 is 5.32 Å². The van der Waals surface area contributed by atoms with Crippen molar-refractivity contribution in [3.05, 3.63) is 36.0 Å². The first kappa shape index (κ1) is 14.1. The zero-order valence-electron chi connectivity index (χ0n) is 11.5. The molecule has 0 unspecified atom stereocenters. The molecule has 3 N–H and O–H groups in total. The molecule has 1 heterocycles. The Morgan fingerprint density at radius 3 is 2.65 bits per heavy atom. The van der Waals surface area contributed by atoms with Crippen molar-refractivity contribution in [2.45, 2.75) is 26.3 Å². The van der Waals surface area contributed by atoms with Crippen LogP contribution >= 0.6 is 0 Å². The number of nitrogens with one attached hydrogen (secondary N) is 2. The van der Waals surface area contributed by atoms with Gasteiger partial charge in [-0.05, 0) is 18.1 Å². The second-order valence-corrected chi connectivity index (χ2v) is 4.95. The summed E-state index contributed by atoms with van der Waals surface area (Å²) < 4.78 is 0. The van der Waals surface area contributed by atoms with Crippen LogP contribution in [-0.2, 0) is 4.79 Å². The quantitative estimate of drug-likeness (QED) is 0.783. The largest absolute Gasteiger partial charge is 0.480 e. The number of benzene rings is 1. The lowest BCUT2D eigenvalue weighted by molar-refractivity contribution is -0.140. The Bertz CT molecular complexity index is 600. The number of amides is 1. The Balaban J connectivity index is 2.20. The second-order valence-electron chi connectivity index (χ2n) is 4.95. The molecule has 2 atom stereocenters. The van der Waals surface area contributed by atoms with Gasteiger partial charge in [0, 0.05) is 10.9 Å². The molecule has 5 nitrogen and oxygen atoms in total. The van der Waals surface area contributed by atoms with Gasteiger partial charge in [-0.15, -0.1) is 0 Å². The Morgan fingerprint density at radius 1 is 1.35 bits per heavy atom. The Hall–Kier alpha value is -2.30. The van der Waals surface area contributed by atoms with E-state index >= 15 is 0 Å². The highest BCUT2D eigenvalue weighted by Crippen LogP contribution is 2.15. The van der Waals surface area contributed by atoms with Crippen LogP contribution in [0.25, 0.3) is 10.9 Å². The van der Waals surface area contributed by atoms with Crippen molar-refractivity contribution in [3.63, 3.8) is 0 Å². The second kappa shape index (κ2) is 5.77. The van der Waals surface area contributed by atoms with Gasteiger partial charge in [-0.3, -0.25) is 4.79 Å². The van der Waals surface area contributed by atoms with Crippen molar-refractivity contribution >= 4 is 22.8 Å². The van der Waals surface area contributed by atoms with Gasteiger partial charge in [0.25, 0.3) is 5.91 Å². The fourth-order valence-corrected chi connectivity index (χ4v) is 2.10. The van der Waals surface area contributed by atoms with Crippen LogP contribution in [0.15, 0.2) is 30.3 Å². The predicted octanol–water partition coefficient (Wildman–Crippen LogP) is 2.40. The molecule has 0 saturated heterocycles. The van der Waals surface area contributed by atoms with E-state index in [9.17, 15) is 14.7 Å². The molecule has 0 bridgehead atoms. The third-order valence-electron chi connectivity index (χ3n) is 3.54. The van der Waals surface area contributed by atoms with Gasteiger partial charge in [0.05, 0.1) is 0 Å². The smallest absolute Gasteiger partial charge is 0.326 e. The number of carbonyl (C=O) groups excluding carboxylic acids is 1. The summed E-state index contributed by atoms with van der Waals surface area (Å²) in [7, 11) is 0. The van der Waals surface area contributed by atoms with Crippen molar-refractivity contribution in [2.75, 3.05) is 0 Å². The van der Waals surface area contributed by atoms with Crippen molar-refractivity contribution in [1.82, 2.24) is 10.3 Å². The van der Waals surface area contributed by atoms with Gasteiger partial charge in [0.15, 0.2) is 0 Å². The zero-order chi connectivity index (χ0) is 14.7. The van der Waals surface area contributed by atoms with E-state index in [1.807, 2.05) is 38.1 Å². The number of carboxylic acids is 1. The van der Waals surface area contributed by atoms with Crippen LogP contribution in [0, 0.1) is 5.92 Å². The molecule has 106 valence electrons. The number of para-hydroxylation sites is 1. The van der Waals surface area contributed by atoms with Gasteiger partial charge in [0.1, 0.15) is 11.7 Å². The lowest BCUT2D eigenvalue weighted by atomic mass is 9.99. The molecule has 0 aliphatic heterocycles. The summed E-state index contributed by atoms with van der Waals surface area (Å²) in [4.78, 5) is 26.3. The minimum absolute atomic E-state index is 0.124. The Morgan fingerprint density at radius 2 is 2.05 bits per heavy atom. The summed E-state index contributed by atoms with van der Waals surface area (Å²) in [5, 5.41) is 12.7. The standard InChI is InChI=1S/C15H18N2O3/c1-3-9(2)13(15(19)20)17-14(18)12-8-10-6-4-5-7-11(10)16-12/h4-9,13,16H,3H2,1-2H3,(H,17,18)(H,19,20)/t9-,13+/m0/s1. The number of hydrogen-bond donors (Lipinski definition) is 3. The Kier molecular flexibility index (Phi) is 4.08. The summed E-state index contributed by atoms with van der Waals surface area (Å²) in [6.45, 7) is 3.71. The highest BCUT2D eigenvalue weighted by Gasteiger charge is 2.26. The average molecular weight is 274 g/mol. The number of H-pyrrole nitrogens is 1. The maximum Gasteiger partial charge on any atom is 0.326 e. The summed E-state index contributed by atoms with van der Waals surface area (Å²) >= 11 is 0. The molecule has 0 saturated carbocycles. The number of carbonyl (C=O) groups is 2. The van der Waals surface area contributed by atoms with Crippen molar-refractivity contribution in [1.29, 1.82) is 0 Å². The third kappa shape index (κ3) is 2.82. The maximum atomic E-state index is 12.1. The Labute approximate surface area is 117 Å². The van der Waals surface area contributed by atoms with Gasteiger partial charge < -0.3 is 15.4 Å². The van der Waals surface area contributed by atoms with Crippen LogP contribution in [0.3, 0.4) is 0 Å². The molecule has 0 aliphatic carbocycles. The molecule has 20 heavy (non-hydrogen) atoms. The first-order valence-corrected chi connectivity index (χ1v) is 6.64. The van der Waals surface area contributed by atoms with Gasteiger partial charge in [-0.2, -0.15) is 0 Å². The van der Waals surface area contributed by atoms with Gasteiger partial charge in [0.2, 0.25) is 0 Å². The molecular formula is C15H18N2O3. The molecule has 5 heteroatoms. The number of rotatable bonds is 5. The van der Waals surface area contributed by atoms with Gasteiger partial charge in [-0.25, -0.2) is 4.79 Å². The number of aromatic amines is 1. The first-order valence-electron chi connectivity index (χ1n) is 6.64. The third-order valence-corrected chi connectivity index (χ3v) is 3.54. The molecule has 2 aromatic rings. The van der Waals surface area contributed by atoms with E-state index in [0.29, 0.717) is 12.1 Å². The van der Waals surface area contributed by atoms with E-state index in [1.165, 1.54) is 0 Å². The summed E-state index contributed by atoms with van der Waals surface area (Å²) in [5.41, 5.74) is 1.23. The monoisotopic (exact) mass is 274 g/mol. The summed E-state index contributed by atoms with van der Waals surface area (Å²) in [5.74, 6) is -1.53. The summed E-state index contributed by atoms with van der Waals surface area (Å²) in [6.07, 6.45) is 0.684. The topological polar surface area (TPSA) is 82.2 Å². The maximum absolute atomic E-state index is 12.1. The molecule has 0 aliphatic rings. The molecule has 1 amide bonds. The van der Waals surface area contributed by atoms with Crippen LogP contribution in [0.2, 0.25) is 0 Å². The van der Waals surface area contributed by atoms with Crippen LogP contribution in [0.1, 0.15) is 30.8 Å². The molecule has 2 rings (SSSR count). The first-order chi connectivity index (χ1) is 9.52. The molecule has 1 aromatic heterocycles. The van der Waals surface area contributed by atoms with E-state index < -0.39 is 17.9 Å². The highest BCUT2D eigenvalue weighted by atomic mass is 16.4. The minimum Gasteiger partial charge on any atom is -0.480 e. The summed E-state index contributed by atoms with van der Waals surface area (Å²) in [6, 6.07) is 8.37. The van der Waals surface area contributed by atoms with Crippen LogP contribution in [0.5, 0.6) is 0 Å². The number of aliphatic carboxylic acids is 1. The van der Waals surface area contributed by atoms with E-state index in [2.05, 4.69) is 10.3 Å². The van der Waals surface area contributed by atoms with Crippen molar-refractivity contribution in [3.8, 4) is 0 Å². The number of fused-ring (bicyclic) bond motifs is 1. The van der Waals surface area contributed by atoms with Crippen molar-refractivity contribution < 1.29 is 14.7 Å². The normalized spacial score (nSPS) is 13.9. The molecule has 0 fully saturated rings. The van der Waals surface area contributed by atoms with Gasteiger partial charge in [-0.1, -0.05) is 38.5 Å². The van der Waals surface area contributed by atoms with Crippen LogP contribution in [0.4, 0.5) is 0 Å². The molecule has 0 spiro atoms. The minimum atomic E-state index is -1.01. The zero-order valence-corrected chi connectivity index (χ0v) is 11.5. The van der Waals surface area contributed by atoms with Crippen LogP contribution in [-0.4, -0.2) is 28.0 Å². The fourth-order valence-electron chi connectivity index (χ4n) is 2.10. The van der Waals surface area contributed by atoms with E-state index in [1.54, 1.807) is 6.07 Å². The van der Waals surface area contributed by atoms with E-state index in [0.717, 1.165) is 10.9 Å². The number of aromatic nitrogens is 1. The average Bonchev–Trinajstić information content (AvgIpc) is 2.87. The van der Waals surface area contributed by atoms with Crippen molar-refractivity contribution in [2.24, 2.45) is 5.92 Å². The van der Waals surface area contributed by atoms with Gasteiger partial charge >= 0.3 is 5.97 Å². The molecule has 0 radical (unpaired) electrons. The van der Waals surface area contributed by atoms with E-state index in [4.69, 9.17) is 0 Å². The molecule has 1 aromatic carbocycles. The SMILES string of the molecule is CC[C@H](C)[C@@H](NC(=O)c1cc2ccccc2[nH]1)C(=O)O. The number of carboxylic acid groups (broad SMARTS) is 1. The molecular weight excluding hydrogens is 256 g/mol.